The van der Waals surface area contributed by atoms with Gasteiger partial charge in [0.1, 0.15) is 0 Å². The number of aryl methyl sites for hydroxylation is 1. The summed E-state index contributed by atoms with van der Waals surface area (Å²) in [5.74, 6) is 2.34. The zero-order chi connectivity index (χ0) is 18.8. The molecule has 0 unspecified atom stereocenters. The molecular formula is C19H29IN4O2S. The van der Waals surface area contributed by atoms with Crippen molar-refractivity contribution in [3.63, 3.8) is 0 Å². The van der Waals surface area contributed by atoms with Crippen LogP contribution in [0.2, 0.25) is 0 Å². The van der Waals surface area contributed by atoms with Gasteiger partial charge in [-0.3, -0.25) is 4.99 Å². The van der Waals surface area contributed by atoms with Crippen molar-refractivity contribution in [2.75, 3.05) is 33.9 Å². The van der Waals surface area contributed by atoms with Crippen LogP contribution in [-0.2, 0) is 12.8 Å². The fourth-order valence-electron chi connectivity index (χ4n) is 2.48. The Hall–Kier alpha value is -1.55. The standard InChI is InChI=1S/C19H28N4O2S.HI/c1-5-20-19(22-11-9-18-23-13-14(2)26-18)21-10-8-15-6-7-16(24-3)17(12-15)25-4;/h6-7,12-13H,5,8-11H2,1-4H3,(H2,20,21,22);1H. The Balaban J connectivity index is 0.00000364. The number of guanidine groups is 1. The minimum Gasteiger partial charge on any atom is -0.493 e. The van der Waals surface area contributed by atoms with E-state index in [1.165, 1.54) is 10.4 Å². The van der Waals surface area contributed by atoms with Gasteiger partial charge in [0.05, 0.1) is 19.2 Å². The largest absolute Gasteiger partial charge is 0.493 e. The number of ether oxygens (including phenoxy) is 2. The molecule has 0 aliphatic rings. The second kappa shape index (κ2) is 12.8. The van der Waals surface area contributed by atoms with Gasteiger partial charge in [-0.2, -0.15) is 0 Å². The first-order valence-corrected chi connectivity index (χ1v) is 9.62. The number of methoxy groups -OCH3 is 2. The average Bonchev–Trinajstić information content (AvgIpc) is 3.06. The lowest BCUT2D eigenvalue weighted by Gasteiger charge is -2.12. The van der Waals surface area contributed by atoms with E-state index in [-0.39, 0.29) is 24.0 Å². The van der Waals surface area contributed by atoms with Crippen LogP contribution >= 0.6 is 35.3 Å². The molecule has 0 bridgehead atoms. The highest BCUT2D eigenvalue weighted by molar-refractivity contribution is 14.0. The predicted octanol–water partition coefficient (Wildman–Crippen LogP) is 3.43. The summed E-state index contributed by atoms with van der Waals surface area (Å²) >= 11 is 1.73. The summed E-state index contributed by atoms with van der Waals surface area (Å²) in [6.07, 6.45) is 3.65. The maximum absolute atomic E-state index is 5.35. The van der Waals surface area contributed by atoms with E-state index in [1.54, 1.807) is 25.6 Å². The zero-order valence-corrected chi connectivity index (χ0v) is 19.5. The minimum atomic E-state index is 0. The van der Waals surface area contributed by atoms with Crippen molar-refractivity contribution in [1.82, 2.24) is 15.6 Å². The molecule has 0 spiro atoms. The lowest BCUT2D eigenvalue weighted by molar-refractivity contribution is 0.354. The van der Waals surface area contributed by atoms with Crippen molar-refractivity contribution in [1.29, 1.82) is 0 Å². The number of aliphatic imine (C=N–C) groups is 1. The molecule has 2 rings (SSSR count). The van der Waals surface area contributed by atoms with Crippen LogP contribution in [0.3, 0.4) is 0 Å². The van der Waals surface area contributed by atoms with Crippen molar-refractivity contribution in [2.24, 2.45) is 4.99 Å². The number of hydrogen-bond acceptors (Lipinski definition) is 5. The molecule has 0 saturated heterocycles. The second-order valence-electron chi connectivity index (χ2n) is 5.74. The number of aromatic nitrogens is 1. The van der Waals surface area contributed by atoms with E-state index in [0.717, 1.165) is 54.9 Å². The molecule has 1 heterocycles. The highest BCUT2D eigenvalue weighted by Crippen LogP contribution is 2.27. The number of rotatable bonds is 9. The molecule has 150 valence electrons. The van der Waals surface area contributed by atoms with E-state index in [4.69, 9.17) is 9.47 Å². The van der Waals surface area contributed by atoms with Gasteiger partial charge in [-0.05, 0) is 38.0 Å². The van der Waals surface area contributed by atoms with E-state index in [2.05, 4.69) is 40.5 Å². The molecule has 2 aromatic rings. The maximum atomic E-state index is 5.35. The van der Waals surface area contributed by atoms with Gasteiger partial charge in [-0.15, -0.1) is 35.3 Å². The first-order valence-electron chi connectivity index (χ1n) is 8.80. The Labute approximate surface area is 182 Å². The van der Waals surface area contributed by atoms with Crippen molar-refractivity contribution in [3.05, 3.63) is 39.8 Å². The van der Waals surface area contributed by atoms with Gasteiger partial charge in [0.25, 0.3) is 0 Å². The summed E-state index contributed by atoms with van der Waals surface area (Å²) in [6.45, 7) is 6.48. The Morgan fingerprint density at radius 3 is 2.56 bits per heavy atom. The SMILES string of the molecule is CCNC(=NCCc1ncc(C)s1)NCCc1ccc(OC)c(OC)c1.I. The molecule has 0 saturated carbocycles. The Kier molecular flexibility index (Phi) is 11.1. The molecule has 0 fully saturated rings. The van der Waals surface area contributed by atoms with Gasteiger partial charge < -0.3 is 20.1 Å². The first-order chi connectivity index (χ1) is 12.7. The van der Waals surface area contributed by atoms with Gasteiger partial charge in [-0.1, -0.05) is 6.07 Å². The highest BCUT2D eigenvalue weighted by Gasteiger charge is 2.05. The number of halogens is 1. The topological polar surface area (TPSA) is 67.8 Å². The van der Waals surface area contributed by atoms with E-state index < -0.39 is 0 Å². The third-order valence-electron chi connectivity index (χ3n) is 3.76. The fraction of sp³-hybridized carbons (Fsp3) is 0.474. The molecule has 0 radical (unpaired) electrons. The van der Waals surface area contributed by atoms with E-state index in [0.29, 0.717) is 0 Å². The van der Waals surface area contributed by atoms with Gasteiger partial charge >= 0.3 is 0 Å². The van der Waals surface area contributed by atoms with Gasteiger partial charge in [0.2, 0.25) is 0 Å². The summed E-state index contributed by atoms with van der Waals surface area (Å²) in [4.78, 5) is 10.2. The zero-order valence-electron chi connectivity index (χ0n) is 16.4. The van der Waals surface area contributed by atoms with Crippen LogP contribution in [0, 0.1) is 6.92 Å². The van der Waals surface area contributed by atoms with Crippen LogP contribution in [0.4, 0.5) is 0 Å². The molecule has 0 aliphatic carbocycles. The molecule has 1 aromatic carbocycles. The van der Waals surface area contributed by atoms with Crippen molar-refractivity contribution < 1.29 is 9.47 Å². The first kappa shape index (κ1) is 23.5. The molecular weight excluding hydrogens is 475 g/mol. The number of nitrogens with one attached hydrogen (secondary N) is 2. The van der Waals surface area contributed by atoms with Gasteiger partial charge in [0.15, 0.2) is 17.5 Å². The Morgan fingerprint density at radius 2 is 1.93 bits per heavy atom. The van der Waals surface area contributed by atoms with Crippen molar-refractivity contribution in [2.45, 2.75) is 26.7 Å². The van der Waals surface area contributed by atoms with Crippen LogP contribution in [0.5, 0.6) is 11.5 Å². The minimum absolute atomic E-state index is 0. The van der Waals surface area contributed by atoms with E-state index >= 15 is 0 Å². The fourth-order valence-corrected chi connectivity index (χ4v) is 3.26. The molecule has 0 amide bonds. The molecule has 27 heavy (non-hydrogen) atoms. The normalized spacial score (nSPS) is 10.9. The number of hydrogen-bond donors (Lipinski definition) is 2. The highest BCUT2D eigenvalue weighted by atomic mass is 127. The summed E-state index contributed by atoms with van der Waals surface area (Å²) in [5.41, 5.74) is 1.18. The molecule has 8 heteroatoms. The second-order valence-corrected chi connectivity index (χ2v) is 7.06. The lowest BCUT2D eigenvalue weighted by atomic mass is 10.1. The third-order valence-corrected chi connectivity index (χ3v) is 4.74. The molecule has 0 aliphatic heterocycles. The van der Waals surface area contributed by atoms with Crippen LogP contribution in [0.15, 0.2) is 29.4 Å². The quantitative estimate of drug-likeness (QED) is 0.311. The number of nitrogens with zero attached hydrogens (tertiary/aromatic N) is 2. The summed E-state index contributed by atoms with van der Waals surface area (Å²) in [5, 5.41) is 7.79. The van der Waals surface area contributed by atoms with Crippen LogP contribution < -0.4 is 20.1 Å². The summed E-state index contributed by atoms with van der Waals surface area (Å²) < 4.78 is 10.6. The molecule has 1 aromatic heterocycles. The average molecular weight is 504 g/mol. The van der Waals surface area contributed by atoms with Crippen LogP contribution in [0.1, 0.15) is 22.4 Å². The number of thiazole rings is 1. The number of benzene rings is 1. The van der Waals surface area contributed by atoms with Crippen molar-refractivity contribution >= 4 is 41.3 Å². The van der Waals surface area contributed by atoms with Crippen LogP contribution in [-0.4, -0.2) is 44.8 Å². The van der Waals surface area contributed by atoms with E-state index in [1.807, 2.05) is 18.3 Å². The van der Waals surface area contributed by atoms with E-state index in [9.17, 15) is 0 Å². The lowest BCUT2D eigenvalue weighted by Crippen LogP contribution is -2.38. The smallest absolute Gasteiger partial charge is 0.191 e. The monoisotopic (exact) mass is 504 g/mol. The molecule has 6 nitrogen and oxygen atoms in total. The Bertz CT molecular complexity index is 721. The van der Waals surface area contributed by atoms with Gasteiger partial charge in [-0.25, -0.2) is 4.98 Å². The Morgan fingerprint density at radius 1 is 1.15 bits per heavy atom. The van der Waals surface area contributed by atoms with Gasteiger partial charge in [0, 0.05) is 37.1 Å². The molecule has 0 atom stereocenters. The predicted molar refractivity (Wildman–Crippen MR) is 123 cm³/mol. The van der Waals surface area contributed by atoms with Crippen LogP contribution in [0.25, 0.3) is 0 Å². The van der Waals surface area contributed by atoms with Crippen molar-refractivity contribution in [3.8, 4) is 11.5 Å². The molecule has 2 N–H and O–H groups in total. The summed E-state index contributed by atoms with van der Waals surface area (Å²) in [6, 6.07) is 6.00. The summed E-state index contributed by atoms with van der Waals surface area (Å²) in [7, 11) is 3.30. The third kappa shape index (κ3) is 7.92. The maximum Gasteiger partial charge on any atom is 0.191 e.